The molecule has 0 bridgehead atoms. The van der Waals surface area contributed by atoms with Crippen LogP contribution in [0, 0.1) is 5.92 Å². The van der Waals surface area contributed by atoms with Gasteiger partial charge in [0.1, 0.15) is 6.17 Å². The molecule has 0 aliphatic heterocycles. The Balaban J connectivity index is 2.33. The molecule has 2 nitrogen and oxygen atoms in total. The van der Waals surface area contributed by atoms with E-state index in [-0.39, 0.29) is 11.8 Å². The highest BCUT2D eigenvalue weighted by Crippen LogP contribution is 2.25. The minimum atomic E-state index is -0.699. The lowest BCUT2D eigenvalue weighted by Crippen LogP contribution is -2.27. The molecule has 0 aromatic carbocycles. The highest BCUT2D eigenvalue weighted by molar-refractivity contribution is 5.76. The number of primary amides is 1. The van der Waals surface area contributed by atoms with Gasteiger partial charge in [-0.15, -0.1) is 0 Å². The van der Waals surface area contributed by atoms with E-state index in [1.807, 2.05) is 0 Å². The zero-order chi connectivity index (χ0) is 7.56. The molecule has 1 amide bonds. The molecule has 0 radical (unpaired) electrons. The molecule has 1 fully saturated rings. The fraction of sp³-hybridized carbons (Fsp3) is 0.857. The Morgan fingerprint density at radius 2 is 1.80 bits per heavy atom. The molecular formula is C7H12FNO. The lowest BCUT2D eigenvalue weighted by Gasteiger charge is -2.20. The van der Waals surface area contributed by atoms with Crippen molar-refractivity contribution < 1.29 is 9.18 Å². The highest BCUT2D eigenvalue weighted by atomic mass is 19.1. The molecule has 0 unspecified atom stereocenters. The van der Waals surface area contributed by atoms with Crippen LogP contribution in [0.15, 0.2) is 0 Å². The first kappa shape index (κ1) is 7.51. The van der Waals surface area contributed by atoms with Crippen molar-refractivity contribution in [1.29, 1.82) is 0 Å². The third-order valence-corrected chi connectivity index (χ3v) is 2.06. The van der Waals surface area contributed by atoms with Crippen molar-refractivity contribution in [2.24, 2.45) is 11.7 Å². The predicted octanol–water partition coefficient (Wildman–Crippen LogP) is 1.000. The molecule has 0 atom stereocenters. The fourth-order valence-electron chi connectivity index (χ4n) is 1.34. The van der Waals surface area contributed by atoms with Gasteiger partial charge >= 0.3 is 0 Å². The fourth-order valence-corrected chi connectivity index (χ4v) is 1.34. The normalized spacial score (nSPS) is 33.7. The Hall–Kier alpha value is -0.600. The van der Waals surface area contributed by atoms with Gasteiger partial charge in [-0.05, 0) is 25.7 Å². The minimum absolute atomic E-state index is 0.0630. The van der Waals surface area contributed by atoms with E-state index < -0.39 is 6.17 Å². The number of carbonyl (C=O) groups is 1. The molecular weight excluding hydrogens is 133 g/mol. The van der Waals surface area contributed by atoms with Crippen LogP contribution < -0.4 is 5.73 Å². The molecule has 1 aliphatic rings. The summed E-state index contributed by atoms with van der Waals surface area (Å²) >= 11 is 0. The molecule has 0 aromatic rings. The number of halogens is 1. The van der Waals surface area contributed by atoms with Crippen LogP contribution in [-0.2, 0) is 4.79 Å². The van der Waals surface area contributed by atoms with Crippen LogP contribution >= 0.6 is 0 Å². The van der Waals surface area contributed by atoms with E-state index in [0.717, 1.165) is 0 Å². The summed E-state index contributed by atoms with van der Waals surface area (Å²) in [6.07, 6.45) is 1.59. The lowest BCUT2D eigenvalue weighted by molar-refractivity contribution is -0.123. The molecule has 0 heterocycles. The predicted molar refractivity (Wildman–Crippen MR) is 36.0 cm³/mol. The van der Waals surface area contributed by atoms with Crippen LogP contribution in [0.25, 0.3) is 0 Å². The van der Waals surface area contributed by atoms with E-state index in [0.29, 0.717) is 25.7 Å². The van der Waals surface area contributed by atoms with Crippen LogP contribution in [0.1, 0.15) is 25.7 Å². The van der Waals surface area contributed by atoms with Crippen molar-refractivity contribution >= 4 is 5.91 Å². The van der Waals surface area contributed by atoms with Crippen LogP contribution in [-0.4, -0.2) is 12.1 Å². The topological polar surface area (TPSA) is 43.1 Å². The summed E-state index contributed by atoms with van der Waals surface area (Å²) in [4.78, 5) is 10.6. The monoisotopic (exact) mass is 145 g/mol. The van der Waals surface area contributed by atoms with Crippen molar-refractivity contribution in [3.8, 4) is 0 Å². The van der Waals surface area contributed by atoms with Crippen molar-refractivity contribution in [2.45, 2.75) is 31.9 Å². The Morgan fingerprint density at radius 3 is 2.20 bits per heavy atom. The van der Waals surface area contributed by atoms with Gasteiger partial charge in [0, 0.05) is 5.92 Å². The second kappa shape index (κ2) is 2.99. The summed E-state index contributed by atoms with van der Waals surface area (Å²) in [7, 11) is 0. The molecule has 1 aliphatic carbocycles. The summed E-state index contributed by atoms with van der Waals surface area (Å²) in [6.45, 7) is 0. The van der Waals surface area contributed by atoms with Gasteiger partial charge in [0.25, 0.3) is 0 Å². The molecule has 1 saturated carbocycles. The van der Waals surface area contributed by atoms with Crippen molar-refractivity contribution in [1.82, 2.24) is 0 Å². The Kier molecular flexibility index (Phi) is 2.25. The number of hydrogen-bond acceptors (Lipinski definition) is 1. The Bertz CT molecular complexity index is 130. The third-order valence-electron chi connectivity index (χ3n) is 2.06. The summed E-state index contributed by atoms with van der Waals surface area (Å²) in [6, 6.07) is 0. The SMILES string of the molecule is NC(=O)C1CCC(F)CC1. The maximum Gasteiger partial charge on any atom is 0.220 e. The Morgan fingerprint density at radius 1 is 1.30 bits per heavy atom. The molecule has 0 saturated heterocycles. The molecule has 0 spiro atoms. The average Bonchev–Trinajstić information content (AvgIpc) is 1.88. The van der Waals surface area contributed by atoms with E-state index in [2.05, 4.69) is 0 Å². The second-order valence-corrected chi connectivity index (χ2v) is 2.85. The maximum atomic E-state index is 12.5. The molecule has 10 heavy (non-hydrogen) atoms. The van der Waals surface area contributed by atoms with Gasteiger partial charge in [0.15, 0.2) is 0 Å². The standard InChI is InChI=1S/C7H12FNO/c8-6-3-1-5(2-4-6)7(9)10/h5-6H,1-4H2,(H2,9,10). The van der Waals surface area contributed by atoms with Crippen LogP contribution in [0.2, 0.25) is 0 Å². The summed E-state index contributed by atoms with van der Waals surface area (Å²) in [5.74, 6) is -0.334. The number of amides is 1. The van der Waals surface area contributed by atoms with E-state index in [1.54, 1.807) is 0 Å². The van der Waals surface area contributed by atoms with Gasteiger partial charge in [-0.1, -0.05) is 0 Å². The van der Waals surface area contributed by atoms with Gasteiger partial charge in [-0.3, -0.25) is 4.79 Å². The summed E-state index contributed by atoms with van der Waals surface area (Å²) < 4.78 is 12.5. The first-order valence-electron chi connectivity index (χ1n) is 3.63. The van der Waals surface area contributed by atoms with E-state index in [1.165, 1.54) is 0 Å². The zero-order valence-corrected chi connectivity index (χ0v) is 5.85. The van der Waals surface area contributed by atoms with Gasteiger partial charge in [0.2, 0.25) is 5.91 Å². The van der Waals surface area contributed by atoms with E-state index in [9.17, 15) is 9.18 Å². The second-order valence-electron chi connectivity index (χ2n) is 2.85. The smallest absolute Gasteiger partial charge is 0.220 e. The van der Waals surface area contributed by atoms with Gasteiger partial charge in [0.05, 0.1) is 0 Å². The van der Waals surface area contributed by atoms with Crippen molar-refractivity contribution in [3.05, 3.63) is 0 Å². The largest absolute Gasteiger partial charge is 0.369 e. The minimum Gasteiger partial charge on any atom is -0.369 e. The molecule has 1 rings (SSSR count). The van der Waals surface area contributed by atoms with Gasteiger partial charge in [-0.2, -0.15) is 0 Å². The van der Waals surface area contributed by atoms with Gasteiger partial charge < -0.3 is 5.73 Å². The van der Waals surface area contributed by atoms with E-state index in [4.69, 9.17) is 5.73 Å². The van der Waals surface area contributed by atoms with Gasteiger partial charge in [-0.25, -0.2) is 4.39 Å². The molecule has 58 valence electrons. The number of rotatable bonds is 1. The molecule has 0 aromatic heterocycles. The first-order chi connectivity index (χ1) is 4.70. The van der Waals surface area contributed by atoms with Crippen molar-refractivity contribution in [2.75, 3.05) is 0 Å². The number of nitrogens with two attached hydrogens (primary N) is 1. The van der Waals surface area contributed by atoms with E-state index >= 15 is 0 Å². The third kappa shape index (κ3) is 1.69. The van der Waals surface area contributed by atoms with Crippen molar-refractivity contribution in [3.63, 3.8) is 0 Å². The Labute approximate surface area is 59.6 Å². The lowest BCUT2D eigenvalue weighted by atomic mass is 9.88. The molecule has 2 N–H and O–H groups in total. The van der Waals surface area contributed by atoms with Crippen LogP contribution in [0.3, 0.4) is 0 Å². The zero-order valence-electron chi connectivity index (χ0n) is 5.85. The average molecular weight is 145 g/mol. The maximum absolute atomic E-state index is 12.5. The number of alkyl halides is 1. The quantitative estimate of drug-likeness (QED) is 0.587. The first-order valence-corrected chi connectivity index (χ1v) is 3.63. The highest BCUT2D eigenvalue weighted by Gasteiger charge is 2.23. The van der Waals surface area contributed by atoms with Crippen LogP contribution in [0.4, 0.5) is 4.39 Å². The summed E-state index contributed by atoms with van der Waals surface area (Å²) in [5.41, 5.74) is 5.05. The molecule has 3 heteroatoms. The summed E-state index contributed by atoms with van der Waals surface area (Å²) in [5, 5.41) is 0. The number of carbonyl (C=O) groups excluding carboxylic acids is 1. The van der Waals surface area contributed by atoms with Crippen LogP contribution in [0.5, 0.6) is 0 Å². The number of hydrogen-bond donors (Lipinski definition) is 1.